The highest BCUT2D eigenvalue weighted by molar-refractivity contribution is 7.99. The first-order valence-electron chi connectivity index (χ1n) is 4.94. The average molecular weight is 212 g/mol. The van der Waals surface area contributed by atoms with E-state index in [1.807, 2.05) is 6.07 Å². The van der Waals surface area contributed by atoms with Crippen LogP contribution in [0.1, 0.15) is 25.7 Å². The van der Waals surface area contributed by atoms with Gasteiger partial charge in [0.1, 0.15) is 0 Å². The molecule has 1 heterocycles. The Morgan fingerprint density at radius 1 is 1.07 bits per heavy atom. The molecular formula is C10H16N2OS. The number of hydrogen-bond acceptors (Lipinski definition) is 4. The molecule has 0 saturated heterocycles. The summed E-state index contributed by atoms with van der Waals surface area (Å²) in [7, 11) is 0. The Morgan fingerprint density at radius 3 is 2.50 bits per heavy atom. The first kappa shape index (κ1) is 11.5. The Bertz CT molecular complexity index is 231. The second kappa shape index (κ2) is 7.76. The molecule has 0 aliphatic carbocycles. The molecular weight excluding hydrogens is 196 g/mol. The van der Waals surface area contributed by atoms with Crippen LogP contribution in [-0.4, -0.2) is 27.4 Å². The largest absolute Gasteiger partial charge is 0.396 e. The van der Waals surface area contributed by atoms with Crippen LogP contribution in [0.2, 0.25) is 0 Å². The van der Waals surface area contributed by atoms with E-state index in [4.69, 9.17) is 5.11 Å². The second-order valence-corrected chi connectivity index (χ2v) is 4.08. The number of aliphatic hydroxyl groups excluding tert-OH is 1. The summed E-state index contributed by atoms with van der Waals surface area (Å²) in [6.45, 7) is 0.314. The van der Waals surface area contributed by atoms with Crippen LogP contribution in [0, 0.1) is 0 Å². The minimum atomic E-state index is 0.314. The van der Waals surface area contributed by atoms with E-state index in [2.05, 4.69) is 9.97 Å². The van der Waals surface area contributed by atoms with E-state index in [1.54, 1.807) is 24.2 Å². The van der Waals surface area contributed by atoms with Crippen LogP contribution in [0.4, 0.5) is 0 Å². The van der Waals surface area contributed by atoms with Crippen molar-refractivity contribution in [1.29, 1.82) is 0 Å². The Morgan fingerprint density at radius 2 is 1.79 bits per heavy atom. The zero-order valence-electron chi connectivity index (χ0n) is 8.22. The lowest BCUT2D eigenvalue weighted by Gasteiger charge is -1.99. The summed E-state index contributed by atoms with van der Waals surface area (Å²) >= 11 is 1.69. The molecule has 14 heavy (non-hydrogen) atoms. The molecule has 3 nitrogen and oxygen atoms in total. The molecule has 0 atom stereocenters. The zero-order valence-corrected chi connectivity index (χ0v) is 9.04. The van der Waals surface area contributed by atoms with Crippen LogP contribution in [0.15, 0.2) is 23.6 Å². The van der Waals surface area contributed by atoms with Crippen molar-refractivity contribution in [3.8, 4) is 0 Å². The molecule has 1 N–H and O–H groups in total. The molecule has 4 heteroatoms. The third kappa shape index (κ3) is 5.19. The van der Waals surface area contributed by atoms with Gasteiger partial charge in [-0.15, -0.1) is 0 Å². The molecule has 78 valence electrons. The Hall–Kier alpha value is -0.610. The molecule has 1 aromatic heterocycles. The van der Waals surface area contributed by atoms with Crippen LogP contribution in [0.3, 0.4) is 0 Å². The fraction of sp³-hybridized carbons (Fsp3) is 0.600. The molecule has 0 aromatic carbocycles. The molecule has 0 bridgehead atoms. The molecule has 0 aliphatic heterocycles. The molecule has 0 aliphatic rings. The van der Waals surface area contributed by atoms with E-state index in [1.165, 1.54) is 12.8 Å². The number of rotatable bonds is 7. The van der Waals surface area contributed by atoms with Crippen LogP contribution >= 0.6 is 11.8 Å². The summed E-state index contributed by atoms with van der Waals surface area (Å²) in [6.07, 6.45) is 7.92. The highest BCUT2D eigenvalue weighted by Gasteiger charge is 1.95. The van der Waals surface area contributed by atoms with Crippen molar-refractivity contribution in [2.45, 2.75) is 30.8 Å². The maximum absolute atomic E-state index is 8.58. The highest BCUT2D eigenvalue weighted by atomic mass is 32.2. The summed E-state index contributed by atoms with van der Waals surface area (Å²) in [5, 5.41) is 9.43. The lowest BCUT2D eigenvalue weighted by Crippen LogP contribution is -1.88. The Kier molecular flexibility index (Phi) is 6.36. The van der Waals surface area contributed by atoms with Crippen molar-refractivity contribution < 1.29 is 5.11 Å². The van der Waals surface area contributed by atoms with E-state index in [9.17, 15) is 0 Å². The topological polar surface area (TPSA) is 46.0 Å². The molecule has 1 aromatic rings. The van der Waals surface area contributed by atoms with E-state index in [-0.39, 0.29) is 0 Å². The lowest BCUT2D eigenvalue weighted by molar-refractivity contribution is 0.283. The van der Waals surface area contributed by atoms with Gasteiger partial charge in [0, 0.05) is 24.8 Å². The molecule has 1 rings (SSSR count). The van der Waals surface area contributed by atoms with Gasteiger partial charge in [-0.25, -0.2) is 9.97 Å². The standard InChI is InChI=1S/C10H16N2OS/c13-8-3-1-2-4-9-14-10-11-6-5-7-12-10/h5-7,13H,1-4,8-9H2. The summed E-state index contributed by atoms with van der Waals surface area (Å²) in [6, 6.07) is 1.82. The molecule has 0 radical (unpaired) electrons. The van der Waals surface area contributed by atoms with Gasteiger partial charge in [-0.1, -0.05) is 24.6 Å². The monoisotopic (exact) mass is 212 g/mol. The number of hydrogen-bond donors (Lipinski definition) is 1. The molecule has 0 saturated carbocycles. The lowest BCUT2D eigenvalue weighted by atomic mass is 10.2. The Balaban J connectivity index is 1.99. The number of aliphatic hydroxyl groups is 1. The molecule has 0 amide bonds. The summed E-state index contributed by atoms with van der Waals surface area (Å²) in [5.74, 6) is 1.06. The van der Waals surface area contributed by atoms with Crippen LogP contribution < -0.4 is 0 Å². The van der Waals surface area contributed by atoms with Crippen molar-refractivity contribution in [2.75, 3.05) is 12.4 Å². The predicted octanol–water partition coefficient (Wildman–Crippen LogP) is 2.12. The van der Waals surface area contributed by atoms with Gasteiger partial charge in [-0.05, 0) is 18.9 Å². The fourth-order valence-corrected chi connectivity index (χ4v) is 1.89. The van der Waals surface area contributed by atoms with Crippen molar-refractivity contribution >= 4 is 11.8 Å². The number of thioether (sulfide) groups is 1. The van der Waals surface area contributed by atoms with Gasteiger partial charge in [0.25, 0.3) is 0 Å². The van der Waals surface area contributed by atoms with Gasteiger partial charge in [0.05, 0.1) is 0 Å². The third-order valence-electron chi connectivity index (χ3n) is 1.83. The van der Waals surface area contributed by atoms with Gasteiger partial charge in [-0.2, -0.15) is 0 Å². The van der Waals surface area contributed by atoms with Crippen molar-refractivity contribution in [3.63, 3.8) is 0 Å². The zero-order chi connectivity index (χ0) is 10.1. The van der Waals surface area contributed by atoms with Crippen molar-refractivity contribution in [2.24, 2.45) is 0 Å². The highest BCUT2D eigenvalue weighted by Crippen LogP contribution is 2.13. The molecule has 0 fully saturated rings. The first-order valence-corrected chi connectivity index (χ1v) is 5.92. The van der Waals surface area contributed by atoms with E-state index < -0.39 is 0 Å². The number of unbranched alkanes of at least 4 members (excludes halogenated alkanes) is 3. The normalized spacial score (nSPS) is 10.4. The van der Waals surface area contributed by atoms with Gasteiger partial charge < -0.3 is 5.11 Å². The average Bonchev–Trinajstić information content (AvgIpc) is 2.25. The smallest absolute Gasteiger partial charge is 0.187 e. The fourth-order valence-electron chi connectivity index (χ4n) is 1.09. The van der Waals surface area contributed by atoms with E-state index in [0.29, 0.717) is 6.61 Å². The van der Waals surface area contributed by atoms with Gasteiger partial charge in [-0.3, -0.25) is 0 Å². The van der Waals surface area contributed by atoms with Crippen molar-refractivity contribution in [3.05, 3.63) is 18.5 Å². The maximum Gasteiger partial charge on any atom is 0.187 e. The van der Waals surface area contributed by atoms with Crippen molar-refractivity contribution in [1.82, 2.24) is 9.97 Å². The van der Waals surface area contributed by atoms with Gasteiger partial charge in [0.15, 0.2) is 5.16 Å². The first-order chi connectivity index (χ1) is 6.93. The second-order valence-electron chi connectivity index (χ2n) is 3.02. The van der Waals surface area contributed by atoms with E-state index in [0.717, 1.165) is 23.8 Å². The third-order valence-corrected chi connectivity index (χ3v) is 2.79. The number of nitrogens with zero attached hydrogens (tertiary/aromatic N) is 2. The molecule has 0 spiro atoms. The summed E-state index contributed by atoms with van der Waals surface area (Å²) in [5.41, 5.74) is 0. The van der Waals surface area contributed by atoms with E-state index >= 15 is 0 Å². The minimum absolute atomic E-state index is 0.314. The SMILES string of the molecule is OCCCCCCSc1ncccn1. The Labute approximate surface area is 89.0 Å². The summed E-state index contributed by atoms with van der Waals surface area (Å²) < 4.78 is 0. The maximum atomic E-state index is 8.58. The number of aromatic nitrogens is 2. The van der Waals surface area contributed by atoms with Crippen LogP contribution in [0.5, 0.6) is 0 Å². The van der Waals surface area contributed by atoms with Gasteiger partial charge in [0.2, 0.25) is 0 Å². The van der Waals surface area contributed by atoms with Gasteiger partial charge >= 0.3 is 0 Å². The minimum Gasteiger partial charge on any atom is -0.396 e. The molecule has 0 unspecified atom stereocenters. The van der Waals surface area contributed by atoms with Crippen LogP contribution in [0.25, 0.3) is 0 Å². The van der Waals surface area contributed by atoms with Crippen LogP contribution in [-0.2, 0) is 0 Å². The predicted molar refractivity (Wildman–Crippen MR) is 58.3 cm³/mol. The quantitative estimate of drug-likeness (QED) is 0.427. The summed E-state index contributed by atoms with van der Waals surface area (Å²) in [4.78, 5) is 8.25.